The molecular weight excluding hydrogens is 278 g/mol. The fourth-order valence-corrected chi connectivity index (χ4v) is 1.13. The average molecular weight is 306 g/mol. The molecule has 23 heavy (non-hydrogen) atoms. The molecule has 0 aliphatic carbocycles. The quantitative estimate of drug-likeness (QED) is 0.512. The van der Waals surface area contributed by atoms with Gasteiger partial charge in [-0.2, -0.15) is 0 Å². The average Bonchev–Trinajstić information content (AvgIpc) is 2.55. The molecule has 0 saturated carbocycles. The molecular formula is C22H28N+. The van der Waals surface area contributed by atoms with E-state index in [0.717, 1.165) is 5.56 Å². The second-order valence-electron chi connectivity index (χ2n) is 3.67. The Bertz CT molecular complexity index is 1090. The highest BCUT2D eigenvalue weighted by Crippen LogP contribution is 1.87. The van der Waals surface area contributed by atoms with Gasteiger partial charge < -0.3 is 0 Å². The first kappa shape index (κ1) is 16.7. The van der Waals surface area contributed by atoms with E-state index in [2.05, 4.69) is 88.9 Å². The highest BCUT2D eigenvalue weighted by atomic mass is 14.9. The van der Waals surface area contributed by atoms with Gasteiger partial charge in [0.15, 0.2) is 12.4 Å². The lowest BCUT2D eigenvalue weighted by molar-refractivity contribution is -0.583. The number of rotatable bonds is 0. The highest BCUT2D eigenvalue weighted by molar-refractivity contribution is 5.45. The third kappa shape index (κ3) is 9.21. The van der Waals surface area contributed by atoms with Gasteiger partial charge in [0, 0.05) is 61.4 Å². The van der Waals surface area contributed by atoms with E-state index in [9.17, 15) is 0 Å². The second kappa shape index (κ2) is 11.5. The second-order valence-corrected chi connectivity index (χ2v) is 3.67. The number of aromatic nitrogens is 1. The minimum atomic E-state index is 0. The van der Waals surface area contributed by atoms with Crippen LogP contribution in [-0.4, -0.2) is 0 Å². The molecule has 0 aliphatic heterocycles. The van der Waals surface area contributed by atoms with Crippen LogP contribution in [0, 0.1) is 102 Å². The summed E-state index contributed by atoms with van der Waals surface area (Å²) >= 11 is 0. The Balaban J connectivity index is -0.0000000661. The maximum Gasteiger partial charge on any atom is 0.243 e. The molecule has 0 N–H and O–H groups in total. The minimum Gasteiger partial charge on any atom is -0.117 e. The van der Waals surface area contributed by atoms with E-state index >= 15 is 0 Å². The zero-order valence-electron chi connectivity index (χ0n) is 12.3. The first-order valence-electron chi connectivity index (χ1n) is 6.27. The fourth-order valence-electron chi connectivity index (χ4n) is 1.13. The SMILES string of the molecule is C#CC#CC#CC#CC#CC#CC#CC#C[n+]1cccc(C)c1.[HH].[HH].[HH].[HH].[HH].[HH].[HH].[HH].[HH].[HH]. The van der Waals surface area contributed by atoms with Crippen LogP contribution in [0.15, 0.2) is 24.5 Å². The van der Waals surface area contributed by atoms with Crippen molar-refractivity contribution >= 4 is 0 Å². The minimum absolute atomic E-state index is 0. The van der Waals surface area contributed by atoms with Crippen molar-refractivity contribution < 1.29 is 18.8 Å². The Morgan fingerprint density at radius 2 is 1.26 bits per heavy atom. The smallest absolute Gasteiger partial charge is 0.117 e. The van der Waals surface area contributed by atoms with Gasteiger partial charge >= 0.3 is 0 Å². The molecule has 0 fully saturated rings. The standard InChI is InChI=1S/C22H8N.10H2/c1-3-4-5-6-7-8-9-10-11-12-13-14-15-16-19-23-20-17-18-22(2)21-23;;;;;;;;;;/h1,17-18,20-21H,2H3;10*1H/q+1;;;;;;;;;;. The normalized spacial score (nSPS) is 5.74. The van der Waals surface area contributed by atoms with Crippen molar-refractivity contribution in [3.63, 3.8) is 0 Å². The Morgan fingerprint density at radius 3 is 1.74 bits per heavy atom. The molecule has 0 amide bonds. The number of terminal acetylenes is 1. The van der Waals surface area contributed by atoms with Crippen molar-refractivity contribution in [3.05, 3.63) is 30.1 Å². The molecule has 0 unspecified atom stereocenters. The first-order valence-corrected chi connectivity index (χ1v) is 6.27. The molecule has 0 aliphatic rings. The van der Waals surface area contributed by atoms with Crippen LogP contribution in [0.3, 0.4) is 0 Å². The molecule has 1 rings (SSSR count). The van der Waals surface area contributed by atoms with Crippen LogP contribution < -0.4 is 4.57 Å². The van der Waals surface area contributed by atoms with E-state index in [-0.39, 0.29) is 14.3 Å². The summed E-state index contributed by atoms with van der Waals surface area (Å²) in [6, 6.07) is 6.76. The Kier molecular flexibility index (Phi) is 8.31. The number of aryl methyl sites for hydroxylation is 1. The molecule has 1 nitrogen and oxygen atoms in total. The fraction of sp³-hybridized carbons (Fsp3) is 0.0455. The third-order valence-electron chi connectivity index (χ3n) is 1.96. The Hall–Kier alpha value is -4.37. The lowest BCUT2D eigenvalue weighted by Gasteiger charge is -1.83. The van der Waals surface area contributed by atoms with Crippen molar-refractivity contribution in [2.24, 2.45) is 0 Å². The predicted molar refractivity (Wildman–Crippen MR) is 111 cm³/mol. The molecule has 0 atom stereocenters. The molecule has 0 radical (unpaired) electrons. The number of hydrogen-bond donors (Lipinski definition) is 0. The van der Waals surface area contributed by atoms with Crippen LogP contribution in [0.25, 0.3) is 0 Å². The summed E-state index contributed by atoms with van der Waals surface area (Å²) in [7, 11) is 0. The highest BCUT2D eigenvalue weighted by Gasteiger charge is 1.92. The van der Waals surface area contributed by atoms with E-state index < -0.39 is 0 Å². The molecule has 0 saturated heterocycles. The van der Waals surface area contributed by atoms with Crippen LogP contribution in [0.5, 0.6) is 0 Å². The Labute approximate surface area is 152 Å². The largest absolute Gasteiger partial charge is 0.243 e. The number of nitrogens with zero attached hydrogens (tertiary/aromatic N) is 1. The van der Waals surface area contributed by atoms with Crippen LogP contribution in [-0.2, 0) is 0 Å². The molecule has 1 heterocycles. The summed E-state index contributed by atoms with van der Waals surface area (Å²) in [4.78, 5) is 0. The van der Waals surface area contributed by atoms with Gasteiger partial charge in [0.05, 0.1) is 5.92 Å². The van der Waals surface area contributed by atoms with Gasteiger partial charge in [-0.25, -0.2) is 0 Å². The van der Waals surface area contributed by atoms with Gasteiger partial charge in [-0.15, -0.1) is 11.0 Å². The van der Waals surface area contributed by atoms with Crippen molar-refractivity contribution in [2.45, 2.75) is 6.92 Å². The lowest BCUT2D eigenvalue weighted by atomic mass is 10.3. The zero-order valence-corrected chi connectivity index (χ0v) is 12.3. The van der Waals surface area contributed by atoms with Crippen LogP contribution in [0.4, 0.5) is 0 Å². The van der Waals surface area contributed by atoms with Gasteiger partial charge in [0.1, 0.15) is 0 Å². The molecule has 0 spiro atoms. The molecule has 0 bridgehead atoms. The van der Waals surface area contributed by atoms with E-state index in [4.69, 9.17) is 6.42 Å². The number of hydrogen-bond acceptors (Lipinski definition) is 0. The van der Waals surface area contributed by atoms with Crippen LogP contribution in [0.1, 0.15) is 19.8 Å². The Morgan fingerprint density at radius 1 is 0.783 bits per heavy atom. The first-order chi connectivity index (χ1) is 11.3. The summed E-state index contributed by atoms with van der Waals surface area (Å²) in [6.07, 6.45) is 8.67. The molecule has 1 aromatic heterocycles. The summed E-state index contributed by atoms with van der Waals surface area (Å²) < 4.78 is 1.74. The van der Waals surface area contributed by atoms with E-state index in [1.807, 2.05) is 31.5 Å². The van der Waals surface area contributed by atoms with Crippen molar-refractivity contribution in [1.29, 1.82) is 0 Å². The van der Waals surface area contributed by atoms with Crippen LogP contribution in [0.2, 0.25) is 0 Å². The molecule has 0 aromatic carbocycles. The van der Waals surface area contributed by atoms with Gasteiger partial charge in [-0.3, -0.25) is 0 Å². The molecule has 1 aromatic rings. The van der Waals surface area contributed by atoms with Crippen molar-refractivity contribution in [3.8, 4) is 95.4 Å². The lowest BCUT2D eigenvalue weighted by Crippen LogP contribution is -2.26. The summed E-state index contributed by atoms with van der Waals surface area (Å²) in [5.41, 5.74) is 1.12. The summed E-state index contributed by atoms with van der Waals surface area (Å²) in [5, 5.41) is 0. The molecule has 1 heteroatoms. The maximum absolute atomic E-state index is 4.92. The summed E-state index contributed by atoms with van der Waals surface area (Å²) in [6.45, 7) is 1.99. The van der Waals surface area contributed by atoms with E-state index in [0.29, 0.717) is 0 Å². The molecule has 120 valence electrons. The van der Waals surface area contributed by atoms with Crippen LogP contribution >= 0.6 is 0 Å². The van der Waals surface area contributed by atoms with Crippen molar-refractivity contribution in [1.82, 2.24) is 0 Å². The third-order valence-corrected chi connectivity index (χ3v) is 1.96. The van der Waals surface area contributed by atoms with Gasteiger partial charge in [0.2, 0.25) is 6.04 Å². The zero-order chi connectivity index (χ0) is 16.6. The van der Waals surface area contributed by atoms with Gasteiger partial charge in [-0.05, 0) is 54.4 Å². The summed E-state index contributed by atoms with van der Waals surface area (Å²) in [5.74, 6) is 34.9. The topological polar surface area (TPSA) is 3.88 Å². The monoisotopic (exact) mass is 306 g/mol. The number of pyridine rings is 1. The van der Waals surface area contributed by atoms with Crippen molar-refractivity contribution in [2.75, 3.05) is 0 Å². The maximum atomic E-state index is 4.92. The van der Waals surface area contributed by atoms with E-state index in [1.54, 1.807) is 4.57 Å². The van der Waals surface area contributed by atoms with E-state index in [1.165, 1.54) is 0 Å². The van der Waals surface area contributed by atoms with Gasteiger partial charge in [0.25, 0.3) is 0 Å². The predicted octanol–water partition coefficient (Wildman–Crippen LogP) is 3.21. The van der Waals surface area contributed by atoms with Gasteiger partial charge in [-0.1, -0.05) is 0 Å².